The third kappa shape index (κ3) is 1.64. The fourth-order valence-electron chi connectivity index (χ4n) is 1.57. The second kappa shape index (κ2) is 3.46. The van der Waals surface area contributed by atoms with Crippen LogP contribution in [0.4, 0.5) is 0 Å². The lowest BCUT2D eigenvalue weighted by Crippen LogP contribution is -2.06. The molecule has 1 fully saturated rings. The van der Waals surface area contributed by atoms with Crippen molar-refractivity contribution in [3.8, 4) is 12.3 Å². The van der Waals surface area contributed by atoms with Crippen molar-refractivity contribution < 1.29 is 0 Å². The van der Waals surface area contributed by atoms with Crippen LogP contribution in [0.25, 0.3) is 0 Å². The molecule has 0 heterocycles. The van der Waals surface area contributed by atoms with Gasteiger partial charge in [0.2, 0.25) is 0 Å². The van der Waals surface area contributed by atoms with Crippen molar-refractivity contribution in [2.45, 2.75) is 32.1 Å². The zero-order chi connectivity index (χ0) is 7.40. The summed E-state index contributed by atoms with van der Waals surface area (Å²) in [4.78, 5) is 0. The molecule has 0 unspecified atom stereocenters. The summed E-state index contributed by atoms with van der Waals surface area (Å²) in [5, 5.41) is 0. The number of terminal acetylenes is 1. The van der Waals surface area contributed by atoms with Gasteiger partial charge in [-0.1, -0.05) is 31.8 Å². The van der Waals surface area contributed by atoms with Gasteiger partial charge in [0.1, 0.15) is 0 Å². The Morgan fingerprint density at radius 3 is 2.40 bits per heavy atom. The predicted molar refractivity (Wildman–Crippen MR) is 44.5 cm³/mol. The number of hydrogen-bond donors (Lipinski definition) is 0. The molecule has 1 aliphatic rings. The van der Waals surface area contributed by atoms with Gasteiger partial charge in [0.05, 0.1) is 0 Å². The SMILES string of the molecule is C#CC(=C)C1CCCCC1. The maximum atomic E-state index is 5.25. The molecule has 0 atom stereocenters. The Bertz CT molecular complexity index is 153. The van der Waals surface area contributed by atoms with Crippen LogP contribution in [-0.2, 0) is 0 Å². The first-order valence-electron chi connectivity index (χ1n) is 4.00. The van der Waals surface area contributed by atoms with Crippen LogP contribution in [0.3, 0.4) is 0 Å². The van der Waals surface area contributed by atoms with Gasteiger partial charge in [-0.2, -0.15) is 0 Å². The average molecular weight is 134 g/mol. The van der Waals surface area contributed by atoms with Gasteiger partial charge in [0.25, 0.3) is 0 Å². The molecular formula is C10H14. The molecule has 0 bridgehead atoms. The summed E-state index contributed by atoms with van der Waals surface area (Å²) < 4.78 is 0. The third-order valence-electron chi connectivity index (χ3n) is 2.28. The lowest BCUT2D eigenvalue weighted by atomic mass is 9.85. The monoisotopic (exact) mass is 134 g/mol. The Morgan fingerprint density at radius 1 is 1.30 bits per heavy atom. The minimum Gasteiger partial charge on any atom is -0.115 e. The van der Waals surface area contributed by atoms with Gasteiger partial charge in [-0.3, -0.25) is 0 Å². The van der Waals surface area contributed by atoms with Crippen molar-refractivity contribution >= 4 is 0 Å². The highest BCUT2D eigenvalue weighted by atomic mass is 14.2. The van der Waals surface area contributed by atoms with E-state index >= 15 is 0 Å². The first-order chi connectivity index (χ1) is 4.84. The standard InChI is InChI=1S/C10H14/c1-3-9(2)10-7-5-4-6-8-10/h1,10H,2,4-8H2. The van der Waals surface area contributed by atoms with E-state index in [4.69, 9.17) is 6.42 Å². The van der Waals surface area contributed by atoms with Gasteiger partial charge in [-0.25, -0.2) is 0 Å². The van der Waals surface area contributed by atoms with E-state index in [1.54, 1.807) is 0 Å². The lowest BCUT2D eigenvalue weighted by molar-refractivity contribution is 0.410. The second-order valence-corrected chi connectivity index (χ2v) is 3.00. The molecule has 1 rings (SSSR count). The van der Waals surface area contributed by atoms with Gasteiger partial charge < -0.3 is 0 Å². The fourth-order valence-corrected chi connectivity index (χ4v) is 1.57. The Balaban J connectivity index is 2.40. The smallest absolute Gasteiger partial charge is 0.00232 e. The van der Waals surface area contributed by atoms with E-state index in [1.807, 2.05) is 0 Å². The van der Waals surface area contributed by atoms with Crippen LogP contribution in [0.2, 0.25) is 0 Å². The van der Waals surface area contributed by atoms with E-state index in [9.17, 15) is 0 Å². The van der Waals surface area contributed by atoms with Crippen LogP contribution >= 0.6 is 0 Å². The molecule has 0 aromatic heterocycles. The van der Waals surface area contributed by atoms with Crippen LogP contribution < -0.4 is 0 Å². The van der Waals surface area contributed by atoms with Crippen LogP contribution in [0, 0.1) is 18.3 Å². The highest BCUT2D eigenvalue weighted by molar-refractivity contribution is 5.24. The maximum absolute atomic E-state index is 5.25. The molecule has 1 saturated carbocycles. The summed E-state index contributed by atoms with van der Waals surface area (Å²) >= 11 is 0. The molecule has 0 aromatic rings. The summed E-state index contributed by atoms with van der Waals surface area (Å²) in [7, 11) is 0. The average Bonchev–Trinajstić information content (AvgIpc) is 2.05. The minimum absolute atomic E-state index is 0.638. The zero-order valence-electron chi connectivity index (χ0n) is 6.40. The molecule has 0 radical (unpaired) electrons. The molecule has 0 N–H and O–H groups in total. The quantitative estimate of drug-likeness (QED) is 0.484. The molecule has 0 amide bonds. The van der Waals surface area contributed by atoms with Gasteiger partial charge in [-0.15, -0.1) is 6.42 Å². The third-order valence-corrected chi connectivity index (χ3v) is 2.28. The fraction of sp³-hybridized carbons (Fsp3) is 0.600. The summed E-state index contributed by atoms with van der Waals surface area (Å²) in [6.45, 7) is 3.86. The molecule has 0 nitrogen and oxygen atoms in total. The highest BCUT2D eigenvalue weighted by Crippen LogP contribution is 2.28. The van der Waals surface area contributed by atoms with E-state index in [2.05, 4.69) is 12.5 Å². The van der Waals surface area contributed by atoms with Crippen LogP contribution in [0.15, 0.2) is 12.2 Å². The summed E-state index contributed by atoms with van der Waals surface area (Å²) in [6.07, 6.45) is 11.8. The maximum Gasteiger partial charge on any atom is -0.00232 e. The zero-order valence-corrected chi connectivity index (χ0v) is 6.40. The largest absolute Gasteiger partial charge is 0.115 e. The molecule has 0 aromatic carbocycles. The normalized spacial score (nSPS) is 19.9. The molecule has 1 aliphatic carbocycles. The van der Waals surface area contributed by atoms with Crippen molar-refractivity contribution in [2.75, 3.05) is 0 Å². The van der Waals surface area contributed by atoms with Gasteiger partial charge in [0, 0.05) is 0 Å². The van der Waals surface area contributed by atoms with Crippen molar-refractivity contribution in [1.29, 1.82) is 0 Å². The van der Waals surface area contributed by atoms with E-state index in [1.165, 1.54) is 32.1 Å². The molecule has 54 valence electrons. The van der Waals surface area contributed by atoms with Crippen molar-refractivity contribution in [3.63, 3.8) is 0 Å². The van der Waals surface area contributed by atoms with E-state index < -0.39 is 0 Å². The molecule has 0 aliphatic heterocycles. The van der Waals surface area contributed by atoms with Gasteiger partial charge >= 0.3 is 0 Å². The Hall–Kier alpha value is -0.700. The van der Waals surface area contributed by atoms with E-state index in [0.29, 0.717) is 5.92 Å². The molecule has 10 heavy (non-hydrogen) atoms. The highest BCUT2D eigenvalue weighted by Gasteiger charge is 2.14. The lowest BCUT2D eigenvalue weighted by Gasteiger charge is -2.20. The first-order valence-corrected chi connectivity index (χ1v) is 4.00. The van der Waals surface area contributed by atoms with Gasteiger partial charge in [-0.05, 0) is 24.3 Å². The molecule has 0 saturated heterocycles. The molecule has 0 heteroatoms. The van der Waals surface area contributed by atoms with Crippen LogP contribution in [0.1, 0.15) is 32.1 Å². The van der Waals surface area contributed by atoms with Gasteiger partial charge in [0.15, 0.2) is 0 Å². The number of hydrogen-bond acceptors (Lipinski definition) is 0. The number of allylic oxidation sites excluding steroid dienone is 1. The van der Waals surface area contributed by atoms with Crippen LogP contribution in [-0.4, -0.2) is 0 Å². The molecule has 0 spiro atoms. The second-order valence-electron chi connectivity index (χ2n) is 3.00. The van der Waals surface area contributed by atoms with Crippen molar-refractivity contribution in [2.24, 2.45) is 5.92 Å². The Morgan fingerprint density at radius 2 is 1.90 bits per heavy atom. The van der Waals surface area contributed by atoms with Crippen molar-refractivity contribution in [3.05, 3.63) is 12.2 Å². The predicted octanol–water partition coefficient (Wildman–Crippen LogP) is 2.76. The molecular weight excluding hydrogens is 120 g/mol. The summed E-state index contributed by atoms with van der Waals surface area (Å²) in [6, 6.07) is 0. The Labute approximate surface area is 63.3 Å². The van der Waals surface area contributed by atoms with Crippen molar-refractivity contribution in [1.82, 2.24) is 0 Å². The van der Waals surface area contributed by atoms with E-state index in [-0.39, 0.29) is 0 Å². The number of rotatable bonds is 1. The van der Waals surface area contributed by atoms with Crippen LogP contribution in [0.5, 0.6) is 0 Å². The first kappa shape index (κ1) is 7.41. The topological polar surface area (TPSA) is 0 Å². The summed E-state index contributed by atoms with van der Waals surface area (Å²) in [5.74, 6) is 3.28. The Kier molecular flexibility index (Phi) is 2.57. The summed E-state index contributed by atoms with van der Waals surface area (Å²) in [5.41, 5.74) is 1.01. The van der Waals surface area contributed by atoms with E-state index in [0.717, 1.165) is 5.57 Å². The minimum atomic E-state index is 0.638.